The van der Waals surface area contributed by atoms with Gasteiger partial charge < -0.3 is 18.6 Å². The molecular weight excluding hydrogens is 500 g/mol. The van der Waals surface area contributed by atoms with Gasteiger partial charge in [0.15, 0.2) is 0 Å². The van der Waals surface area contributed by atoms with Crippen LogP contribution in [0.15, 0.2) is 46.8 Å². The number of ketones is 1. The number of Topliss-reactive ketones (excluding diaryl/α,β-unsaturated/α-hetero) is 1. The van der Waals surface area contributed by atoms with Crippen molar-refractivity contribution in [2.45, 2.75) is 72.5 Å². The number of esters is 3. The predicted octanol–water partition coefficient (Wildman–Crippen LogP) is 5.14. The number of fused-ring (bicyclic) bond motifs is 6. The maximum atomic E-state index is 14.4. The Balaban J connectivity index is 1.66. The van der Waals surface area contributed by atoms with Gasteiger partial charge in [0.25, 0.3) is 0 Å². The van der Waals surface area contributed by atoms with Crippen LogP contribution in [0, 0.1) is 39.9 Å². The molecule has 1 aromatic heterocycles. The summed E-state index contributed by atoms with van der Waals surface area (Å²) < 4.78 is 22.3. The van der Waals surface area contributed by atoms with Crippen LogP contribution < -0.4 is 0 Å². The van der Waals surface area contributed by atoms with Crippen LogP contribution in [0.3, 0.4) is 0 Å². The van der Waals surface area contributed by atoms with Gasteiger partial charge in [-0.1, -0.05) is 45.9 Å². The van der Waals surface area contributed by atoms with E-state index >= 15 is 0 Å². The van der Waals surface area contributed by atoms with E-state index in [1.165, 1.54) is 7.11 Å². The molecule has 3 unspecified atom stereocenters. The van der Waals surface area contributed by atoms with Crippen molar-refractivity contribution in [3.63, 3.8) is 0 Å². The quantitative estimate of drug-likeness (QED) is 0.219. The minimum Gasteiger partial charge on any atom is -0.472 e. The highest BCUT2D eigenvalue weighted by molar-refractivity contribution is 5.94. The van der Waals surface area contributed by atoms with Gasteiger partial charge in [0.05, 0.1) is 32.0 Å². The maximum Gasteiger partial charge on any atom is 0.333 e. The number of allylic oxidation sites excluding steroid dienone is 1. The van der Waals surface area contributed by atoms with E-state index in [1.807, 2.05) is 32.9 Å². The van der Waals surface area contributed by atoms with Crippen molar-refractivity contribution >= 4 is 23.7 Å². The molecule has 3 aliphatic carbocycles. The van der Waals surface area contributed by atoms with Gasteiger partial charge in [-0.25, -0.2) is 4.79 Å². The Morgan fingerprint density at radius 1 is 1.15 bits per heavy atom. The van der Waals surface area contributed by atoms with Crippen molar-refractivity contribution in [3.05, 3.63) is 48.0 Å². The number of carbonyl (C=O) groups excluding carboxylic acids is 4. The van der Waals surface area contributed by atoms with Crippen LogP contribution in [-0.4, -0.2) is 36.9 Å². The van der Waals surface area contributed by atoms with Gasteiger partial charge in [-0.3, -0.25) is 14.4 Å². The molecule has 2 heterocycles. The lowest BCUT2D eigenvalue weighted by Crippen LogP contribution is -2.66. The Morgan fingerprint density at radius 2 is 1.87 bits per heavy atom. The average Bonchev–Trinajstić information content (AvgIpc) is 3.41. The monoisotopic (exact) mass is 538 g/mol. The zero-order chi connectivity index (χ0) is 28.5. The molecule has 2 saturated carbocycles. The van der Waals surface area contributed by atoms with Gasteiger partial charge in [-0.2, -0.15) is 0 Å². The molecule has 8 heteroatoms. The number of hydrogen-bond acceptors (Lipinski definition) is 8. The summed E-state index contributed by atoms with van der Waals surface area (Å²) in [5.74, 6) is -2.82. The van der Waals surface area contributed by atoms with Crippen molar-refractivity contribution in [1.29, 1.82) is 0 Å². The first-order valence-electron chi connectivity index (χ1n) is 13.7. The number of ether oxygens (including phenoxy) is 3. The Hall–Kier alpha value is -3.16. The zero-order valence-electron chi connectivity index (χ0n) is 23.6. The van der Waals surface area contributed by atoms with Gasteiger partial charge in [0.1, 0.15) is 18.0 Å². The van der Waals surface area contributed by atoms with E-state index < -0.39 is 52.2 Å². The second-order valence-corrected chi connectivity index (χ2v) is 12.9. The number of hydrogen-bond donors (Lipinski definition) is 0. The zero-order valence-corrected chi connectivity index (χ0v) is 23.6. The molecule has 0 spiro atoms. The summed E-state index contributed by atoms with van der Waals surface area (Å²) >= 11 is 0. The molecule has 0 aromatic carbocycles. The lowest BCUT2D eigenvalue weighted by Gasteiger charge is -2.63. The van der Waals surface area contributed by atoms with Crippen LogP contribution >= 0.6 is 0 Å². The highest BCUT2D eigenvalue weighted by Crippen LogP contribution is 2.68. The summed E-state index contributed by atoms with van der Waals surface area (Å²) in [5, 5.41) is 0. The second-order valence-electron chi connectivity index (χ2n) is 12.9. The summed E-state index contributed by atoms with van der Waals surface area (Å²) in [7, 11) is 1.34. The third-order valence-electron chi connectivity index (χ3n) is 10.4. The summed E-state index contributed by atoms with van der Waals surface area (Å²) in [6.45, 7) is 13.3. The largest absolute Gasteiger partial charge is 0.472 e. The number of methoxy groups -OCH3 is 1. The number of cyclic esters (lactones) is 1. The molecule has 8 atom stereocenters. The molecule has 8 nitrogen and oxygen atoms in total. The molecule has 1 saturated heterocycles. The van der Waals surface area contributed by atoms with E-state index in [0.29, 0.717) is 6.42 Å². The topological polar surface area (TPSA) is 109 Å². The Labute approximate surface area is 229 Å². The lowest BCUT2D eigenvalue weighted by atomic mass is 9.40. The van der Waals surface area contributed by atoms with Crippen LogP contribution in [0.4, 0.5) is 0 Å². The van der Waals surface area contributed by atoms with Gasteiger partial charge in [0.2, 0.25) is 0 Å². The van der Waals surface area contributed by atoms with Crippen LogP contribution in [-0.2, 0) is 33.4 Å². The lowest BCUT2D eigenvalue weighted by molar-refractivity contribution is -0.195. The maximum absolute atomic E-state index is 14.4. The third kappa shape index (κ3) is 3.93. The van der Waals surface area contributed by atoms with Crippen LogP contribution in [0.5, 0.6) is 0 Å². The first-order chi connectivity index (χ1) is 18.3. The molecule has 1 aromatic rings. The average molecular weight is 539 g/mol. The standard InChI is InChI=1S/C31H38O8/c1-16(2)28(35)39-27-19-12-18-20(31(6,25(19)34)22(29(27,3)4)14-23(32)36-7)8-10-30(5)21(18)13-24(33)38-26(30)17-9-11-37-15-17/h9,11-12,15,19-22,26-27H,1,8,10,13-14H2,2-7H3/t19?,20?,21?,22-,26+,27-,30-,31-/m1/s1. The summed E-state index contributed by atoms with van der Waals surface area (Å²) in [5.41, 5.74) is 0.0314. The molecule has 4 aliphatic rings. The van der Waals surface area contributed by atoms with Crippen molar-refractivity contribution in [3.8, 4) is 0 Å². The smallest absolute Gasteiger partial charge is 0.333 e. The van der Waals surface area contributed by atoms with E-state index in [0.717, 1.165) is 17.6 Å². The number of furan rings is 1. The third-order valence-corrected chi connectivity index (χ3v) is 10.4. The molecule has 0 N–H and O–H groups in total. The predicted molar refractivity (Wildman–Crippen MR) is 140 cm³/mol. The van der Waals surface area contributed by atoms with Gasteiger partial charge in [0, 0.05) is 33.8 Å². The molecular formula is C31H38O8. The molecule has 3 fully saturated rings. The highest BCUT2D eigenvalue weighted by atomic mass is 16.6. The van der Waals surface area contributed by atoms with Crippen LogP contribution in [0.25, 0.3) is 0 Å². The summed E-state index contributed by atoms with van der Waals surface area (Å²) in [4.78, 5) is 52.9. The molecule has 0 amide bonds. The van der Waals surface area contributed by atoms with Crippen molar-refractivity contribution in [2.75, 3.05) is 7.11 Å². The van der Waals surface area contributed by atoms with Crippen molar-refractivity contribution < 1.29 is 37.8 Å². The minimum absolute atomic E-state index is 0.0188. The first-order valence-corrected chi connectivity index (χ1v) is 13.7. The number of rotatable bonds is 5. The molecule has 39 heavy (non-hydrogen) atoms. The van der Waals surface area contributed by atoms with Gasteiger partial charge in [-0.15, -0.1) is 0 Å². The van der Waals surface area contributed by atoms with E-state index in [-0.39, 0.29) is 42.0 Å². The molecule has 0 radical (unpaired) electrons. The fourth-order valence-electron chi connectivity index (χ4n) is 8.37. The SMILES string of the molecule is C=C(C)C(=O)O[C@@H]1C2C=C3C4CC(=O)O[C@@H](c5ccoc5)[C@]4(C)CCC3[C@@](C)(C2=O)[C@H](CC(=O)OC)C1(C)C. The first kappa shape index (κ1) is 27.4. The van der Waals surface area contributed by atoms with Gasteiger partial charge in [-0.05, 0) is 43.6 Å². The van der Waals surface area contributed by atoms with Gasteiger partial charge >= 0.3 is 17.9 Å². The minimum atomic E-state index is -0.910. The van der Waals surface area contributed by atoms with Crippen LogP contribution in [0.2, 0.25) is 0 Å². The molecule has 1 aliphatic heterocycles. The van der Waals surface area contributed by atoms with Crippen molar-refractivity contribution in [1.82, 2.24) is 0 Å². The normalized spacial score (nSPS) is 38.5. The molecule has 5 rings (SSSR count). The van der Waals surface area contributed by atoms with Crippen molar-refractivity contribution in [2.24, 2.45) is 39.9 Å². The van der Waals surface area contributed by atoms with E-state index in [2.05, 4.69) is 13.5 Å². The molecule has 2 bridgehead atoms. The van der Waals surface area contributed by atoms with E-state index in [4.69, 9.17) is 18.6 Å². The Kier molecular flexibility index (Phi) is 6.47. The Morgan fingerprint density at radius 3 is 2.49 bits per heavy atom. The number of carbonyl (C=O) groups is 4. The molecule has 210 valence electrons. The summed E-state index contributed by atoms with van der Waals surface area (Å²) in [6, 6.07) is 1.83. The van der Waals surface area contributed by atoms with E-state index in [9.17, 15) is 19.2 Å². The fraction of sp³-hybridized carbons (Fsp3) is 0.613. The Bertz CT molecular complexity index is 1260. The fourth-order valence-corrected chi connectivity index (χ4v) is 8.37. The van der Waals surface area contributed by atoms with Crippen LogP contribution in [0.1, 0.15) is 72.0 Å². The second kappa shape index (κ2) is 9.20. The highest BCUT2D eigenvalue weighted by Gasteiger charge is 2.69. The summed E-state index contributed by atoms with van der Waals surface area (Å²) in [6.07, 6.45) is 5.54. The van der Waals surface area contributed by atoms with E-state index in [1.54, 1.807) is 19.5 Å².